The van der Waals surface area contributed by atoms with E-state index in [1.54, 1.807) is 17.2 Å². The summed E-state index contributed by atoms with van der Waals surface area (Å²) in [5, 5.41) is 0. The zero-order valence-corrected chi connectivity index (χ0v) is 20.6. The van der Waals surface area contributed by atoms with Gasteiger partial charge in [-0.25, -0.2) is 0 Å². The van der Waals surface area contributed by atoms with Crippen LogP contribution in [0.15, 0.2) is 83.8 Å². The minimum Gasteiger partial charge on any atom is -0.487 e. The zero-order chi connectivity index (χ0) is 25.1. The Labute approximate surface area is 210 Å². The molecule has 5 rings (SSSR count). The number of pyridine rings is 2. The highest BCUT2D eigenvalue weighted by Crippen LogP contribution is 2.23. The molecule has 0 fully saturated rings. The fourth-order valence-electron chi connectivity index (χ4n) is 4.70. The van der Waals surface area contributed by atoms with E-state index in [1.165, 1.54) is 5.56 Å². The van der Waals surface area contributed by atoms with Crippen molar-refractivity contribution in [2.24, 2.45) is 0 Å². The van der Waals surface area contributed by atoms with Gasteiger partial charge >= 0.3 is 0 Å². The Bertz CT molecular complexity index is 1440. The van der Waals surface area contributed by atoms with Gasteiger partial charge < -0.3 is 14.2 Å². The average molecular weight is 480 g/mol. The number of hydrogen-bond acceptors (Lipinski definition) is 4. The highest BCUT2D eigenvalue weighted by atomic mass is 16.5. The average Bonchev–Trinajstić information content (AvgIpc) is 2.90. The van der Waals surface area contributed by atoms with Crippen LogP contribution in [0.25, 0.3) is 0 Å². The number of carbonyl (C=O) groups is 1. The van der Waals surface area contributed by atoms with Gasteiger partial charge in [0, 0.05) is 31.0 Å². The maximum absolute atomic E-state index is 13.9. The summed E-state index contributed by atoms with van der Waals surface area (Å²) in [6, 6.07) is 23.2. The van der Waals surface area contributed by atoms with E-state index in [2.05, 4.69) is 11.1 Å². The van der Waals surface area contributed by atoms with Gasteiger partial charge in [-0.05, 0) is 55.7 Å². The first-order chi connectivity index (χ1) is 17.5. The summed E-state index contributed by atoms with van der Waals surface area (Å²) in [4.78, 5) is 33.4. The van der Waals surface area contributed by atoms with E-state index in [1.807, 2.05) is 79.1 Å². The van der Waals surface area contributed by atoms with Gasteiger partial charge in [-0.1, -0.05) is 48.0 Å². The van der Waals surface area contributed by atoms with Gasteiger partial charge in [0.1, 0.15) is 17.9 Å². The monoisotopic (exact) mass is 479 g/mol. The molecule has 4 aromatic rings. The van der Waals surface area contributed by atoms with Gasteiger partial charge in [0.25, 0.3) is 5.91 Å². The van der Waals surface area contributed by atoms with Gasteiger partial charge in [0.2, 0.25) is 0 Å². The lowest BCUT2D eigenvalue weighted by molar-refractivity contribution is 0.0729. The molecule has 1 amide bonds. The number of aryl methyl sites for hydroxylation is 2. The summed E-state index contributed by atoms with van der Waals surface area (Å²) >= 11 is 0. The van der Waals surface area contributed by atoms with Crippen molar-refractivity contribution in [2.75, 3.05) is 6.54 Å². The van der Waals surface area contributed by atoms with Crippen LogP contribution in [0, 0.1) is 13.8 Å². The van der Waals surface area contributed by atoms with Gasteiger partial charge in [-0.15, -0.1) is 0 Å². The molecule has 1 aliphatic rings. The Morgan fingerprint density at radius 1 is 0.972 bits per heavy atom. The number of nitrogens with zero attached hydrogens (tertiary/aromatic N) is 3. The van der Waals surface area contributed by atoms with Crippen LogP contribution in [0.4, 0.5) is 0 Å². The van der Waals surface area contributed by atoms with Crippen LogP contribution in [0.5, 0.6) is 5.75 Å². The number of fused-ring (bicyclic) bond motifs is 1. The molecule has 0 N–H and O–H groups in total. The summed E-state index contributed by atoms with van der Waals surface area (Å²) in [7, 11) is 0. The molecule has 0 saturated heterocycles. The fraction of sp³-hybridized carbons (Fsp3) is 0.233. The smallest absolute Gasteiger partial charge is 0.260 e. The van der Waals surface area contributed by atoms with E-state index in [-0.39, 0.29) is 23.5 Å². The lowest BCUT2D eigenvalue weighted by atomic mass is 9.99. The van der Waals surface area contributed by atoms with E-state index in [4.69, 9.17) is 4.74 Å². The van der Waals surface area contributed by atoms with Gasteiger partial charge in [-0.2, -0.15) is 0 Å². The van der Waals surface area contributed by atoms with Gasteiger partial charge in [-0.3, -0.25) is 14.6 Å². The third-order valence-corrected chi connectivity index (χ3v) is 6.70. The minimum absolute atomic E-state index is 0.0956. The van der Waals surface area contributed by atoms with E-state index in [0.29, 0.717) is 31.1 Å². The molecule has 182 valence electrons. The van der Waals surface area contributed by atoms with Crippen molar-refractivity contribution < 1.29 is 9.53 Å². The topological polar surface area (TPSA) is 64.4 Å². The molecule has 0 saturated carbocycles. The predicted octanol–water partition coefficient (Wildman–Crippen LogP) is 4.69. The van der Waals surface area contributed by atoms with E-state index >= 15 is 0 Å². The lowest BCUT2D eigenvalue weighted by Gasteiger charge is -2.30. The molecule has 0 radical (unpaired) electrons. The van der Waals surface area contributed by atoms with Crippen LogP contribution in [-0.2, 0) is 26.1 Å². The maximum Gasteiger partial charge on any atom is 0.260 e. The minimum atomic E-state index is -0.281. The second-order valence-corrected chi connectivity index (χ2v) is 9.23. The van der Waals surface area contributed by atoms with Crippen molar-refractivity contribution in [1.82, 2.24) is 14.5 Å². The molecule has 0 unspecified atom stereocenters. The quantitative estimate of drug-likeness (QED) is 0.403. The summed E-state index contributed by atoms with van der Waals surface area (Å²) in [5.41, 5.74) is 5.55. The number of ether oxygens (including phenoxy) is 1. The van der Waals surface area contributed by atoms with Gasteiger partial charge in [0.15, 0.2) is 5.43 Å². The Hall–Kier alpha value is -4.19. The summed E-state index contributed by atoms with van der Waals surface area (Å²) < 4.78 is 8.09. The summed E-state index contributed by atoms with van der Waals surface area (Å²) in [5.74, 6) is 0.427. The Kier molecular flexibility index (Phi) is 6.67. The Balaban J connectivity index is 1.55. The number of rotatable bonds is 6. The molecule has 2 aromatic heterocycles. The first-order valence-electron chi connectivity index (χ1n) is 12.2. The second kappa shape index (κ2) is 10.2. The van der Waals surface area contributed by atoms with E-state index < -0.39 is 0 Å². The van der Waals surface area contributed by atoms with Crippen molar-refractivity contribution in [3.8, 4) is 5.75 Å². The fourth-order valence-corrected chi connectivity index (χ4v) is 4.70. The first kappa shape index (κ1) is 23.5. The molecule has 2 aromatic carbocycles. The van der Waals surface area contributed by atoms with Gasteiger partial charge in [0.05, 0.1) is 17.9 Å². The molecular formula is C30H29N3O3. The molecule has 0 spiro atoms. The standard InChI is InChI=1S/C30H29N3O3/c1-21-10-12-26(13-11-21)36-20-27-29(30(35)32-16-14-23-7-3-4-8-24(23)18-32)28(34)17-22(2)33(27)19-25-9-5-6-15-31-25/h3-13,15,17H,14,16,18-20H2,1-2H3. The van der Waals surface area contributed by atoms with Crippen LogP contribution in [0.1, 0.15) is 44.1 Å². The summed E-state index contributed by atoms with van der Waals surface area (Å²) in [6.45, 7) is 5.48. The van der Waals surface area contributed by atoms with Crippen LogP contribution in [0.3, 0.4) is 0 Å². The lowest BCUT2D eigenvalue weighted by Crippen LogP contribution is -2.40. The van der Waals surface area contributed by atoms with Crippen LogP contribution in [0.2, 0.25) is 0 Å². The molecule has 0 aliphatic carbocycles. The second-order valence-electron chi connectivity index (χ2n) is 9.23. The maximum atomic E-state index is 13.9. The largest absolute Gasteiger partial charge is 0.487 e. The molecule has 6 heteroatoms. The molecule has 3 heterocycles. The molecule has 6 nitrogen and oxygen atoms in total. The number of carbonyl (C=O) groups excluding carboxylic acids is 1. The third-order valence-electron chi connectivity index (χ3n) is 6.70. The Morgan fingerprint density at radius 2 is 1.72 bits per heavy atom. The number of hydrogen-bond donors (Lipinski definition) is 0. The molecule has 0 bridgehead atoms. The van der Waals surface area contributed by atoms with E-state index in [9.17, 15) is 9.59 Å². The highest BCUT2D eigenvalue weighted by molar-refractivity contribution is 5.95. The van der Waals surface area contributed by atoms with Crippen molar-refractivity contribution in [1.29, 1.82) is 0 Å². The van der Waals surface area contributed by atoms with Crippen LogP contribution in [-0.4, -0.2) is 26.9 Å². The van der Waals surface area contributed by atoms with Crippen molar-refractivity contribution in [2.45, 2.75) is 40.0 Å². The highest BCUT2D eigenvalue weighted by Gasteiger charge is 2.28. The molecule has 0 atom stereocenters. The molecular weight excluding hydrogens is 450 g/mol. The summed E-state index contributed by atoms with van der Waals surface area (Å²) in [6.07, 6.45) is 2.51. The van der Waals surface area contributed by atoms with Crippen molar-refractivity contribution >= 4 is 5.91 Å². The molecule has 1 aliphatic heterocycles. The zero-order valence-electron chi connectivity index (χ0n) is 20.6. The normalized spacial score (nSPS) is 12.8. The number of amides is 1. The van der Waals surface area contributed by atoms with Crippen LogP contribution < -0.4 is 10.2 Å². The van der Waals surface area contributed by atoms with Crippen molar-refractivity contribution in [3.05, 3.63) is 129 Å². The van der Waals surface area contributed by atoms with Crippen LogP contribution >= 0.6 is 0 Å². The third kappa shape index (κ3) is 4.93. The number of aromatic nitrogens is 2. The first-order valence-corrected chi connectivity index (χ1v) is 12.2. The predicted molar refractivity (Wildman–Crippen MR) is 139 cm³/mol. The Morgan fingerprint density at radius 3 is 2.47 bits per heavy atom. The van der Waals surface area contributed by atoms with E-state index in [0.717, 1.165) is 28.9 Å². The SMILES string of the molecule is Cc1ccc(OCc2c(C(=O)N3CCc4ccccc4C3)c(=O)cc(C)n2Cc2ccccn2)cc1. The molecule has 36 heavy (non-hydrogen) atoms. The van der Waals surface area contributed by atoms with Crippen molar-refractivity contribution in [3.63, 3.8) is 0 Å². The number of benzene rings is 2.